The van der Waals surface area contributed by atoms with Gasteiger partial charge in [-0.2, -0.15) is 4.31 Å². The SMILES string of the molecule is CN(CC(=O)Nc1ccc(-c2nc3ccccc3[nH]2)cc1)S(=O)(=O)c1ccc(Cl)s1. The molecule has 1 amide bonds. The number of hydrogen-bond donors (Lipinski definition) is 2. The predicted octanol–water partition coefficient (Wildman–Crippen LogP) is 4.20. The van der Waals surface area contributed by atoms with E-state index in [2.05, 4.69) is 15.3 Å². The van der Waals surface area contributed by atoms with Gasteiger partial charge in [0.2, 0.25) is 5.91 Å². The van der Waals surface area contributed by atoms with Crippen molar-refractivity contribution in [3.05, 3.63) is 65.0 Å². The van der Waals surface area contributed by atoms with Crippen LogP contribution in [0.25, 0.3) is 22.4 Å². The molecule has 2 heterocycles. The Morgan fingerprint density at radius 1 is 1.13 bits per heavy atom. The standard InChI is InChI=1S/C20H17ClN4O3S2/c1-25(30(27,28)19-11-10-17(21)29-19)12-18(26)22-14-8-6-13(7-9-14)20-23-15-4-2-3-5-16(15)24-20/h2-11H,12H2,1H3,(H,22,26)(H,23,24). The Morgan fingerprint density at radius 2 is 1.87 bits per heavy atom. The Hall–Kier alpha value is -2.72. The van der Waals surface area contributed by atoms with Gasteiger partial charge < -0.3 is 10.3 Å². The summed E-state index contributed by atoms with van der Waals surface area (Å²) in [5, 5.41) is 2.71. The normalized spacial score (nSPS) is 11.8. The molecule has 0 aliphatic carbocycles. The van der Waals surface area contributed by atoms with Crippen molar-refractivity contribution in [2.75, 3.05) is 18.9 Å². The quantitative estimate of drug-likeness (QED) is 0.450. The molecule has 2 N–H and O–H groups in total. The fraction of sp³-hybridized carbons (Fsp3) is 0.100. The first-order valence-corrected chi connectivity index (χ1v) is 11.5. The van der Waals surface area contributed by atoms with E-state index in [1.54, 1.807) is 12.1 Å². The zero-order valence-corrected chi connectivity index (χ0v) is 18.2. The highest BCUT2D eigenvalue weighted by Gasteiger charge is 2.24. The van der Waals surface area contributed by atoms with Crippen LogP contribution in [0.2, 0.25) is 4.34 Å². The molecule has 0 saturated heterocycles. The lowest BCUT2D eigenvalue weighted by Gasteiger charge is -2.15. The van der Waals surface area contributed by atoms with Crippen LogP contribution in [0, 0.1) is 0 Å². The Labute approximate surface area is 182 Å². The molecule has 0 saturated carbocycles. The number of aromatic amines is 1. The van der Waals surface area contributed by atoms with Crippen molar-refractivity contribution in [3.63, 3.8) is 0 Å². The minimum absolute atomic E-state index is 0.0954. The van der Waals surface area contributed by atoms with Crippen molar-refractivity contribution in [1.82, 2.24) is 14.3 Å². The summed E-state index contributed by atoms with van der Waals surface area (Å²) >= 11 is 6.76. The van der Waals surface area contributed by atoms with Crippen LogP contribution in [0.4, 0.5) is 5.69 Å². The number of halogens is 1. The van der Waals surface area contributed by atoms with Gasteiger partial charge in [-0.25, -0.2) is 13.4 Å². The average Bonchev–Trinajstić information content (AvgIpc) is 3.35. The molecule has 0 radical (unpaired) electrons. The zero-order chi connectivity index (χ0) is 21.3. The summed E-state index contributed by atoms with van der Waals surface area (Å²) in [5.74, 6) is 0.287. The third-order valence-corrected chi connectivity index (χ3v) is 7.91. The van der Waals surface area contributed by atoms with E-state index < -0.39 is 15.9 Å². The monoisotopic (exact) mass is 460 g/mol. The third kappa shape index (κ3) is 4.24. The minimum atomic E-state index is -3.77. The number of imidazole rings is 1. The smallest absolute Gasteiger partial charge is 0.252 e. The summed E-state index contributed by atoms with van der Waals surface area (Å²) in [4.78, 5) is 20.1. The summed E-state index contributed by atoms with van der Waals surface area (Å²) in [7, 11) is -2.41. The van der Waals surface area contributed by atoms with E-state index >= 15 is 0 Å². The molecule has 0 spiro atoms. The van der Waals surface area contributed by atoms with Crippen LogP contribution >= 0.6 is 22.9 Å². The van der Waals surface area contributed by atoms with Gasteiger partial charge >= 0.3 is 0 Å². The van der Waals surface area contributed by atoms with Gasteiger partial charge in [0.05, 0.1) is 21.9 Å². The second-order valence-electron chi connectivity index (χ2n) is 6.55. The van der Waals surface area contributed by atoms with Crippen LogP contribution in [0.15, 0.2) is 64.9 Å². The molecule has 0 bridgehead atoms. The predicted molar refractivity (Wildman–Crippen MR) is 119 cm³/mol. The number of thiophene rings is 1. The number of aromatic nitrogens is 2. The number of nitrogens with zero attached hydrogens (tertiary/aromatic N) is 2. The van der Waals surface area contributed by atoms with E-state index in [4.69, 9.17) is 11.6 Å². The van der Waals surface area contributed by atoms with Crippen LogP contribution in [0.1, 0.15) is 0 Å². The number of H-pyrrole nitrogens is 1. The average molecular weight is 461 g/mol. The highest BCUT2D eigenvalue weighted by molar-refractivity contribution is 7.91. The Morgan fingerprint density at radius 3 is 2.53 bits per heavy atom. The van der Waals surface area contributed by atoms with Crippen LogP contribution < -0.4 is 5.32 Å². The number of hydrogen-bond acceptors (Lipinski definition) is 5. The Balaban J connectivity index is 1.42. The summed E-state index contributed by atoms with van der Waals surface area (Å²) in [6.45, 7) is -0.316. The molecule has 4 aromatic rings. The van der Waals surface area contributed by atoms with E-state index in [0.29, 0.717) is 10.0 Å². The van der Waals surface area contributed by atoms with Crippen LogP contribution in [-0.4, -0.2) is 42.2 Å². The van der Waals surface area contributed by atoms with E-state index in [1.165, 1.54) is 19.2 Å². The number of fused-ring (bicyclic) bond motifs is 1. The lowest BCUT2D eigenvalue weighted by molar-refractivity contribution is -0.116. The molecule has 0 aliphatic rings. The highest BCUT2D eigenvalue weighted by atomic mass is 35.5. The van der Waals surface area contributed by atoms with Crippen LogP contribution in [-0.2, 0) is 14.8 Å². The first-order valence-electron chi connectivity index (χ1n) is 8.89. The fourth-order valence-corrected chi connectivity index (χ4v) is 5.70. The van der Waals surface area contributed by atoms with E-state index in [1.807, 2.05) is 36.4 Å². The maximum Gasteiger partial charge on any atom is 0.252 e. The van der Waals surface area contributed by atoms with Gasteiger partial charge in [-0.1, -0.05) is 23.7 Å². The number of sulfonamides is 1. The molecule has 30 heavy (non-hydrogen) atoms. The summed E-state index contributed by atoms with van der Waals surface area (Å²) in [6.07, 6.45) is 0. The van der Waals surface area contributed by atoms with E-state index in [0.717, 1.165) is 38.1 Å². The molecule has 154 valence electrons. The molecule has 2 aromatic carbocycles. The number of anilines is 1. The van der Waals surface area contributed by atoms with Gasteiger partial charge in [-0.3, -0.25) is 4.79 Å². The van der Waals surface area contributed by atoms with E-state index in [9.17, 15) is 13.2 Å². The number of benzene rings is 2. The minimum Gasteiger partial charge on any atom is -0.338 e. The number of carbonyl (C=O) groups excluding carboxylic acids is 1. The van der Waals surface area contributed by atoms with Crippen molar-refractivity contribution in [1.29, 1.82) is 0 Å². The number of para-hydroxylation sites is 2. The van der Waals surface area contributed by atoms with Gasteiger partial charge in [0.15, 0.2) is 0 Å². The van der Waals surface area contributed by atoms with Gasteiger partial charge in [0, 0.05) is 18.3 Å². The summed E-state index contributed by atoms with van der Waals surface area (Å²) in [5.41, 5.74) is 3.26. The first kappa shape index (κ1) is 20.5. The second kappa shape index (κ2) is 8.19. The number of likely N-dealkylation sites (N-methyl/N-ethyl adjacent to an activating group) is 1. The highest BCUT2D eigenvalue weighted by Crippen LogP contribution is 2.27. The summed E-state index contributed by atoms with van der Waals surface area (Å²) in [6, 6.07) is 17.8. The molecular formula is C20H17ClN4O3S2. The number of amides is 1. The summed E-state index contributed by atoms with van der Waals surface area (Å²) < 4.78 is 26.5. The van der Waals surface area contributed by atoms with E-state index in [-0.39, 0.29) is 10.8 Å². The fourth-order valence-electron chi connectivity index (χ4n) is 2.88. The molecule has 2 aromatic heterocycles. The topological polar surface area (TPSA) is 95.2 Å². The van der Waals surface area contributed by atoms with Gasteiger partial charge in [0.25, 0.3) is 10.0 Å². The maximum atomic E-state index is 12.5. The van der Waals surface area contributed by atoms with Crippen molar-refractivity contribution < 1.29 is 13.2 Å². The molecule has 0 aliphatic heterocycles. The first-order chi connectivity index (χ1) is 14.3. The van der Waals surface area contributed by atoms with Gasteiger partial charge in [0.1, 0.15) is 10.0 Å². The van der Waals surface area contributed by atoms with Crippen LogP contribution in [0.3, 0.4) is 0 Å². The number of carbonyl (C=O) groups is 1. The van der Waals surface area contributed by atoms with Crippen molar-refractivity contribution in [2.24, 2.45) is 0 Å². The Bertz CT molecular complexity index is 1280. The Kier molecular flexibility index (Phi) is 5.61. The molecular weight excluding hydrogens is 444 g/mol. The van der Waals surface area contributed by atoms with Crippen molar-refractivity contribution >= 4 is 55.6 Å². The number of nitrogens with one attached hydrogen (secondary N) is 2. The molecule has 0 unspecified atom stereocenters. The molecule has 0 atom stereocenters. The lowest BCUT2D eigenvalue weighted by Crippen LogP contribution is -2.34. The molecule has 7 nitrogen and oxygen atoms in total. The van der Waals surface area contributed by atoms with Crippen molar-refractivity contribution in [2.45, 2.75) is 4.21 Å². The third-order valence-electron chi connectivity index (χ3n) is 4.41. The molecule has 4 rings (SSSR count). The lowest BCUT2D eigenvalue weighted by atomic mass is 10.2. The molecule has 10 heteroatoms. The van der Waals surface area contributed by atoms with Crippen molar-refractivity contribution in [3.8, 4) is 11.4 Å². The van der Waals surface area contributed by atoms with Gasteiger partial charge in [-0.15, -0.1) is 11.3 Å². The van der Waals surface area contributed by atoms with Gasteiger partial charge in [-0.05, 0) is 48.5 Å². The largest absolute Gasteiger partial charge is 0.338 e. The second-order valence-corrected chi connectivity index (χ2v) is 10.5. The zero-order valence-electron chi connectivity index (χ0n) is 15.8. The maximum absolute atomic E-state index is 12.5. The van der Waals surface area contributed by atoms with Crippen LogP contribution in [0.5, 0.6) is 0 Å². The number of rotatable bonds is 6. The molecule has 0 fully saturated rings.